The van der Waals surface area contributed by atoms with Gasteiger partial charge in [-0.25, -0.2) is 9.59 Å². The first kappa shape index (κ1) is 12.4. The zero-order valence-corrected chi connectivity index (χ0v) is 10.2. The maximum atomic E-state index is 12.1. The van der Waals surface area contributed by atoms with Crippen LogP contribution in [0, 0.1) is 6.92 Å². The molecular formula is C11H16N4O3. The minimum Gasteiger partial charge on any atom is -0.465 e. The molecule has 0 bridgehead atoms. The molecule has 7 heteroatoms. The van der Waals surface area contributed by atoms with Crippen molar-refractivity contribution in [1.82, 2.24) is 19.6 Å². The molecule has 1 fully saturated rings. The Hall–Kier alpha value is -2.05. The van der Waals surface area contributed by atoms with Crippen molar-refractivity contribution < 1.29 is 14.7 Å². The van der Waals surface area contributed by atoms with Gasteiger partial charge in [-0.1, -0.05) is 0 Å². The monoisotopic (exact) mass is 252 g/mol. The largest absolute Gasteiger partial charge is 0.465 e. The summed E-state index contributed by atoms with van der Waals surface area (Å²) in [4.78, 5) is 25.9. The van der Waals surface area contributed by atoms with Gasteiger partial charge in [0.05, 0.1) is 6.20 Å². The molecule has 0 radical (unpaired) electrons. The molecule has 1 aromatic heterocycles. The van der Waals surface area contributed by atoms with Gasteiger partial charge in [0.2, 0.25) is 0 Å². The molecule has 98 valence electrons. The van der Waals surface area contributed by atoms with Crippen LogP contribution in [-0.2, 0) is 0 Å². The zero-order chi connectivity index (χ0) is 13.1. The van der Waals surface area contributed by atoms with Crippen LogP contribution in [0.1, 0.15) is 12.0 Å². The van der Waals surface area contributed by atoms with Gasteiger partial charge in [-0.3, -0.25) is 0 Å². The summed E-state index contributed by atoms with van der Waals surface area (Å²) in [5.74, 6) is 0. The van der Waals surface area contributed by atoms with E-state index in [9.17, 15) is 9.59 Å². The molecule has 0 unspecified atom stereocenters. The standard InChI is InChI=1S/C11H16N4O3/c1-9-7-12-15(8-9)10(16)13-3-2-4-14(6-5-13)11(17)18/h7-8H,2-6H2,1H3,(H,17,18). The summed E-state index contributed by atoms with van der Waals surface area (Å²) in [6.45, 7) is 3.65. The summed E-state index contributed by atoms with van der Waals surface area (Å²) in [7, 11) is 0. The topological polar surface area (TPSA) is 78.7 Å². The highest BCUT2D eigenvalue weighted by atomic mass is 16.4. The molecule has 1 aliphatic rings. The lowest BCUT2D eigenvalue weighted by molar-refractivity contribution is 0.146. The van der Waals surface area contributed by atoms with Crippen LogP contribution in [0.5, 0.6) is 0 Å². The zero-order valence-electron chi connectivity index (χ0n) is 10.2. The van der Waals surface area contributed by atoms with Crippen LogP contribution < -0.4 is 0 Å². The third-order valence-corrected chi connectivity index (χ3v) is 2.94. The summed E-state index contributed by atoms with van der Waals surface area (Å²) in [5.41, 5.74) is 0.922. The van der Waals surface area contributed by atoms with Gasteiger partial charge in [-0.2, -0.15) is 9.78 Å². The van der Waals surface area contributed by atoms with E-state index in [4.69, 9.17) is 5.11 Å². The summed E-state index contributed by atoms with van der Waals surface area (Å²) in [5, 5.41) is 12.9. The van der Waals surface area contributed by atoms with Gasteiger partial charge in [-0.15, -0.1) is 0 Å². The number of carboxylic acid groups (broad SMARTS) is 1. The van der Waals surface area contributed by atoms with Crippen molar-refractivity contribution >= 4 is 12.1 Å². The highest BCUT2D eigenvalue weighted by Gasteiger charge is 2.22. The van der Waals surface area contributed by atoms with Crippen molar-refractivity contribution in [3.63, 3.8) is 0 Å². The van der Waals surface area contributed by atoms with Gasteiger partial charge in [0.25, 0.3) is 0 Å². The molecule has 1 saturated heterocycles. The normalized spacial score (nSPS) is 16.5. The number of hydrogen-bond donors (Lipinski definition) is 1. The molecule has 1 aliphatic heterocycles. The van der Waals surface area contributed by atoms with Crippen molar-refractivity contribution in [3.8, 4) is 0 Å². The van der Waals surface area contributed by atoms with Crippen LogP contribution in [0.25, 0.3) is 0 Å². The smallest absolute Gasteiger partial charge is 0.407 e. The van der Waals surface area contributed by atoms with Crippen molar-refractivity contribution in [1.29, 1.82) is 0 Å². The fraction of sp³-hybridized carbons (Fsp3) is 0.545. The Kier molecular flexibility index (Phi) is 3.50. The predicted octanol–water partition coefficient (Wildman–Crippen LogP) is 0.845. The highest BCUT2D eigenvalue weighted by molar-refractivity contribution is 5.76. The molecular weight excluding hydrogens is 236 g/mol. The van der Waals surface area contributed by atoms with Crippen LogP contribution >= 0.6 is 0 Å². The van der Waals surface area contributed by atoms with Crippen LogP contribution in [0.4, 0.5) is 9.59 Å². The molecule has 1 N–H and O–H groups in total. The van der Waals surface area contributed by atoms with Gasteiger partial charge < -0.3 is 14.9 Å². The molecule has 1 aromatic rings. The lowest BCUT2D eigenvalue weighted by Crippen LogP contribution is -2.39. The fourth-order valence-electron chi connectivity index (χ4n) is 1.96. The van der Waals surface area contributed by atoms with E-state index in [0.29, 0.717) is 32.6 Å². The van der Waals surface area contributed by atoms with E-state index >= 15 is 0 Å². The van der Waals surface area contributed by atoms with E-state index < -0.39 is 6.09 Å². The molecule has 2 heterocycles. The summed E-state index contributed by atoms with van der Waals surface area (Å²) >= 11 is 0. The van der Waals surface area contributed by atoms with Crippen LogP contribution in [0.3, 0.4) is 0 Å². The molecule has 7 nitrogen and oxygen atoms in total. The Labute approximate surface area is 105 Å². The average Bonchev–Trinajstić information content (AvgIpc) is 2.63. The maximum absolute atomic E-state index is 12.1. The van der Waals surface area contributed by atoms with Crippen LogP contribution in [0.15, 0.2) is 12.4 Å². The lowest BCUT2D eigenvalue weighted by Gasteiger charge is -2.20. The first-order valence-corrected chi connectivity index (χ1v) is 5.86. The molecule has 2 amide bonds. The van der Waals surface area contributed by atoms with E-state index in [1.807, 2.05) is 6.92 Å². The minimum atomic E-state index is -0.931. The van der Waals surface area contributed by atoms with E-state index in [-0.39, 0.29) is 6.03 Å². The third-order valence-electron chi connectivity index (χ3n) is 2.94. The summed E-state index contributed by atoms with van der Waals surface area (Å²) in [6.07, 6.45) is 3.01. The van der Waals surface area contributed by atoms with Crippen molar-refractivity contribution in [2.45, 2.75) is 13.3 Å². The second-order valence-electron chi connectivity index (χ2n) is 4.36. The summed E-state index contributed by atoms with van der Waals surface area (Å²) in [6, 6.07) is -0.199. The molecule has 18 heavy (non-hydrogen) atoms. The molecule has 0 atom stereocenters. The van der Waals surface area contributed by atoms with E-state index in [2.05, 4.69) is 5.10 Å². The minimum absolute atomic E-state index is 0.199. The number of aryl methyl sites for hydroxylation is 1. The number of amides is 2. The maximum Gasteiger partial charge on any atom is 0.407 e. The molecule has 0 spiro atoms. The first-order chi connectivity index (χ1) is 8.58. The number of carbonyl (C=O) groups is 2. The number of aromatic nitrogens is 2. The third kappa shape index (κ3) is 2.61. The van der Waals surface area contributed by atoms with E-state index in [1.54, 1.807) is 17.3 Å². The van der Waals surface area contributed by atoms with Crippen molar-refractivity contribution in [3.05, 3.63) is 18.0 Å². The van der Waals surface area contributed by atoms with Gasteiger partial charge in [0.15, 0.2) is 0 Å². The average molecular weight is 252 g/mol. The Morgan fingerprint density at radius 3 is 2.50 bits per heavy atom. The lowest BCUT2D eigenvalue weighted by atomic mass is 10.4. The molecule has 0 saturated carbocycles. The van der Waals surface area contributed by atoms with Crippen LogP contribution in [0.2, 0.25) is 0 Å². The fourth-order valence-corrected chi connectivity index (χ4v) is 1.96. The van der Waals surface area contributed by atoms with Gasteiger partial charge in [0.1, 0.15) is 0 Å². The van der Waals surface area contributed by atoms with Crippen molar-refractivity contribution in [2.75, 3.05) is 26.2 Å². The Morgan fingerprint density at radius 1 is 1.22 bits per heavy atom. The van der Waals surface area contributed by atoms with Gasteiger partial charge in [-0.05, 0) is 18.9 Å². The number of hydrogen-bond acceptors (Lipinski definition) is 3. The van der Waals surface area contributed by atoms with Gasteiger partial charge >= 0.3 is 12.1 Å². The number of nitrogens with zero attached hydrogens (tertiary/aromatic N) is 4. The molecule has 0 aliphatic carbocycles. The molecule has 0 aromatic carbocycles. The second-order valence-corrected chi connectivity index (χ2v) is 4.36. The predicted molar refractivity (Wildman–Crippen MR) is 63.5 cm³/mol. The first-order valence-electron chi connectivity index (χ1n) is 5.86. The van der Waals surface area contributed by atoms with E-state index in [0.717, 1.165) is 5.56 Å². The quantitative estimate of drug-likeness (QED) is 0.742. The van der Waals surface area contributed by atoms with Crippen molar-refractivity contribution in [2.24, 2.45) is 0 Å². The number of carbonyl (C=O) groups excluding carboxylic acids is 1. The molecule has 2 rings (SSSR count). The Balaban J connectivity index is 2.02. The Morgan fingerprint density at radius 2 is 1.89 bits per heavy atom. The Bertz CT molecular complexity index is 457. The van der Waals surface area contributed by atoms with Gasteiger partial charge in [0, 0.05) is 32.4 Å². The van der Waals surface area contributed by atoms with E-state index in [1.165, 1.54) is 9.58 Å². The highest BCUT2D eigenvalue weighted by Crippen LogP contribution is 2.06. The second kappa shape index (κ2) is 5.07. The van der Waals surface area contributed by atoms with Crippen LogP contribution in [-0.4, -0.2) is 63.0 Å². The number of rotatable bonds is 0. The summed E-state index contributed by atoms with van der Waals surface area (Å²) < 4.78 is 1.30. The SMILES string of the molecule is Cc1cnn(C(=O)N2CCCN(C(=O)O)CC2)c1.